The molecule has 0 rings (SSSR count). The second kappa shape index (κ2) is 71.5. The van der Waals surface area contributed by atoms with Crippen LogP contribution in [0.5, 0.6) is 0 Å². The quantitative estimate of drug-likeness (QED) is 0.0408. The Labute approximate surface area is 361 Å². The summed E-state index contributed by atoms with van der Waals surface area (Å²) in [6.45, 7) is 15.7. The molecule has 18 nitrogen and oxygen atoms in total. The molecular weight excluding hydrogens is 792 g/mol. The fourth-order valence-corrected chi connectivity index (χ4v) is 2.96. The van der Waals surface area contributed by atoms with E-state index in [1.165, 1.54) is 20.8 Å². The maximum atomic E-state index is 10.3. The van der Waals surface area contributed by atoms with Crippen molar-refractivity contribution < 1.29 is 89.9 Å². The summed E-state index contributed by atoms with van der Waals surface area (Å²) in [6, 6.07) is 0. The third-order valence-electron chi connectivity index (χ3n) is 6.78. The molecule has 0 aliphatic rings. The number of hydrogen-bond donors (Lipinski definition) is 12. The number of carbonyl (C=O) groups excluding carboxylic acids is 4. The molecule has 0 amide bonds. The van der Waals surface area contributed by atoms with Gasteiger partial charge in [0.25, 0.3) is 0 Å². The number of rotatable bonds is 27. The lowest BCUT2D eigenvalue weighted by molar-refractivity contribution is -0.144. The molecule has 368 valence electrons. The fourth-order valence-electron chi connectivity index (χ4n) is 2.96. The molecule has 12 N–H and O–H groups in total. The van der Waals surface area contributed by atoms with Crippen LogP contribution in [-0.4, -0.2) is 183 Å². The Morgan fingerprint density at radius 1 is 0.467 bits per heavy atom. The van der Waals surface area contributed by atoms with E-state index in [0.717, 1.165) is 45.1 Å². The minimum absolute atomic E-state index is 0.00287. The highest BCUT2D eigenvalue weighted by Gasteiger charge is 2.07. The van der Waals surface area contributed by atoms with Crippen LogP contribution < -0.4 is 0 Å². The van der Waals surface area contributed by atoms with Crippen molar-refractivity contribution in [3.05, 3.63) is 0 Å². The van der Waals surface area contributed by atoms with Crippen LogP contribution in [0.2, 0.25) is 0 Å². The van der Waals surface area contributed by atoms with Crippen molar-refractivity contribution in [2.75, 3.05) is 85.9 Å². The maximum absolute atomic E-state index is 10.3. The van der Waals surface area contributed by atoms with E-state index in [9.17, 15) is 19.2 Å². The van der Waals surface area contributed by atoms with Crippen LogP contribution in [-0.2, 0) is 28.7 Å². The van der Waals surface area contributed by atoms with Gasteiger partial charge in [-0.05, 0) is 59.3 Å². The van der Waals surface area contributed by atoms with Crippen molar-refractivity contribution >= 4 is 23.3 Å². The highest BCUT2D eigenvalue weighted by Crippen LogP contribution is 2.00. The minimum atomic E-state index is -0.728. The summed E-state index contributed by atoms with van der Waals surface area (Å²) < 4.78 is 9.42. The van der Waals surface area contributed by atoms with Gasteiger partial charge < -0.3 is 85.1 Å². The highest BCUT2D eigenvalue weighted by molar-refractivity contribution is 5.76. The Morgan fingerprint density at radius 3 is 1.13 bits per heavy atom. The van der Waals surface area contributed by atoms with Gasteiger partial charge in [-0.1, -0.05) is 53.9 Å². The first-order chi connectivity index (χ1) is 28.4. The summed E-state index contributed by atoms with van der Waals surface area (Å²) in [6.07, 6.45) is 8.04. The van der Waals surface area contributed by atoms with E-state index in [0.29, 0.717) is 51.7 Å². The van der Waals surface area contributed by atoms with Gasteiger partial charge in [0.05, 0.1) is 45.2 Å². The van der Waals surface area contributed by atoms with Crippen LogP contribution in [0.15, 0.2) is 0 Å². The van der Waals surface area contributed by atoms with Crippen molar-refractivity contribution in [2.24, 2.45) is 11.8 Å². The number of carbonyl (C=O) groups is 4. The van der Waals surface area contributed by atoms with E-state index < -0.39 is 12.2 Å². The Bertz CT molecular complexity index is 783. The zero-order valence-electron chi connectivity index (χ0n) is 38.5. The van der Waals surface area contributed by atoms with Gasteiger partial charge in [0.15, 0.2) is 0 Å². The number of hydrogen-bond acceptors (Lipinski definition) is 18. The molecule has 2 unspecified atom stereocenters. The first kappa shape index (κ1) is 75.3. The Balaban J connectivity index is -0.0000000863. The van der Waals surface area contributed by atoms with Crippen LogP contribution in [0.4, 0.5) is 0 Å². The number of aliphatic hydroxyl groups excluding tert-OH is 12. The van der Waals surface area contributed by atoms with Gasteiger partial charge in [0.1, 0.15) is 24.0 Å². The van der Waals surface area contributed by atoms with Crippen molar-refractivity contribution in [1.29, 1.82) is 0 Å². The molecule has 2 atom stereocenters. The summed E-state index contributed by atoms with van der Waals surface area (Å²) >= 11 is 0. The predicted molar refractivity (Wildman–Crippen MR) is 232 cm³/mol. The summed E-state index contributed by atoms with van der Waals surface area (Å²) in [5.74, 6) is -0.235. The van der Waals surface area contributed by atoms with Crippen LogP contribution >= 0.6 is 0 Å². The summed E-state index contributed by atoms with van der Waals surface area (Å²) in [4.78, 5) is 40.9. The normalized spacial score (nSPS) is 10.6. The molecule has 0 fully saturated rings. The van der Waals surface area contributed by atoms with Gasteiger partial charge in [-0.2, -0.15) is 0 Å². The number of aliphatic hydroxyl groups is 12. The van der Waals surface area contributed by atoms with E-state index in [1.807, 2.05) is 13.8 Å². The van der Waals surface area contributed by atoms with Crippen LogP contribution in [0.3, 0.4) is 0 Å². The van der Waals surface area contributed by atoms with Gasteiger partial charge in [-0.15, -0.1) is 0 Å². The van der Waals surface area contributed by atoms with Gasteiger partial charge >= 0.3 is 5.97 Å². The van der Waals surface area contributed by atoms with Crippen molar-refractivity contribution in [1.82, 2.24) is 0 Å². The molecule has 0 aromatic rings. The molecule has 0 saturated heterocycles. The lowest BCUT2D eigenvalue weighted by Gasteiger charge is -2.05. The molecular formula is C42H92O18. The summed E-state index contributed by atoms with van der Waals surface area (Å²) in [5.41, 5.74) is 0. The fraction of sp³-hybridized carbons (Fsp3) is 0.905. The first-order valence-electron chi connectivity index (χ1n) is 21.1. The standard InChI is InChI=1S/2C6H12O3.C6H14O2.C5H10O3.C5H10O2.2C5H12O2.C4H10O/c1-5(9)2-6(3-7)4-8;1-5(8)2-3-6(9)4-7;1-2-3-5-8-6-4-7;1-2-5(7)8-4-3-6;1-5(7)3-2-4-6;1-2-5(3-6)4-7;1-2-3-5(7)4-6;1-2-3-4-5/h6-8H,2-4H2,1H3;6-7,9H,2-4H2,1H3;7H,2-6H2,1H3;6H,2-4H2,1H3;6H,2-4H2,1H3;2*5-7H,2-4H2,1H3;5H,2-4H2,1H3. The van der Waals surface area contributed by atoms with Crippen LogP contribution in [0.25, 0.3) is 0 Å². The van der Waals surface area contributed by atoms with E-state index in [-0.39, 0.29) is 108 Å². The van der Waals surface area contributed by atoms with E-state index >= 15 is 0 Å². The van der Waals surface area contributed by atoms with Crippen LogP contribution in [0, 0.1) is 11.8 Å². The average Bonchev–Trinajstić information content (AvgIpc) is 3.24. The highest BCUT2D eigenvalue weighted by atomic mass is 16.5. The topological polar surface area (TPSA) is 330 Å². The van der Waals surface area contributed by atoms with Gasteiger partial charge in [0.2, 0.25) is 0 Å². The van der Waals surface area contributed by atoms with E-state index in [1.54, 1.807) is 6.92 Å². The summed E-state index contributed by atoms with van der Waals surface area (Å²) in [5, 5.41) is 100. The number of unbranched alkanes of at least 4 members (excludes halogenated alkanes) is 2. The van der Waals surface area contributed by atoms with Gasteiger partial charge in [0, 0.05) is 83.8 Å². The first-order valence-corrected chi connectivity index (χ1v) is 21.1. The number of Topliss-reactive ketones (excluding diaryl/α,β-unsaturated/α-hetero) is 3. The molecule has 0 spiro atoms. The number of ether oxygens (including phenoxy) is 2. The largest absolute Gasteiger partial charge is 0.463 e. The van der Waals surface area contributed by atoms with Crippen molar-refractivity contribution in [3.63, 3.8) is 0 Å². The average molecular weight is 885 g/mol. The van der Waals surface area contributed by atoms with Crippen molar-refractivity contribution in [3.8, 4) is 0 Å². The van der Waals surface area contributed by atoms with Crippen molar-refractivity contribution in [2.45, 2.75) is 151 Å². The van der Waals surface area contributed by atoms with Gasteiger partial charge in [-0.25, -0.2) is 0 Å². The van der Waals surface area contributed by atoms with Gasteiger partial charge in [-0.3, -0.25) is 4.79 Å². The minimum Gasteiger partial charge on any atom is -0.463 e. The SMILES string of the molecule is CC(=O)CC(CO)CO.CC(=O)CCC(O)CO.CC(=O)CCCO.CCC(=O)OCCO.CCC(CO)CO.CCCC(O)CO.CCCCO.CCCCOCCO. The second-order valence-electron chi connectivity index (χ2n) is 13.1. The molecule has 60 heavy (non-hydrogen) atoms. The number of ketones is 3. The van der Waals surface area contributed by atoms with Crippen LogP contribution in [0.1, 0.15) is 139 Å². The lowest BCUT2D eigenvalue weighted by atomic mass is 10.1. The van der Waals surface area contributed by atoms with E-state index in [2.05, 4.69) is 18.6 Å². The molecule has 0 saturated carbocycles. The second-order valence-corrected chi connectivity index (χ2v) is 13.1. The lowest BCUT2D eigenvalue weighted by Crippen LogP contribution is -2.14. The number of esters is 1. The monoisotopic (exact) mass is 885 g/mol. The smallest absolute Gasteiger partial charge is 0.305 e. The zero-order chi connectivity index (χ0) is 48.4. The molecule has 0 radical (unpaired) electrons. The Kier molecular flexibility index (Phi) is 89.7. The molecule has 0 aliphatic carbocycles. The maximum Gasteiger partial charge on any atom is 0.305 e. The third-order valence-corrected chi connectivity index (χ3v) is 6.78. The molecule has 0 bridgehead atoms. The molecule has 0 aliphatic heterocycles. The molecule has 0 aromatic carbocycles. The van der Waals surface area contributed by atoms with E-state index in [4.69, 9.17) is 66.0 Å². The molecule has 0 heterocycles. The predicted octanol–water partition coefficient (Wildman–Crippen LogP) is 1.27. The third kappa shape index (κ3) is 101. The molecule has 18 heteroatoms. The Morgan fingerprint density at radius 2 is 0.917 bits per heavy atom. The zero-order valence-corrected chi connectivity index (χ0v) is 38.5. The molecule has 0 aromatic heterocycles. The Hall–Kier alpha value is -2.04. The summed E-state index contributed by atoms with van der Waals surface area (Å²) in [7, 11) is 0.